The van der Waals surface area contributed by atoms with Gasteiger partial charge in [-0.1, -0.05) is 40.2 Å². The van der Waals surface area contributed by atoms with Crippen LogP contribution < -0.4 is 0 Å². The zero-order chi connectivity index (χ0) is 16.4. The first kappa shape index (κ1) is 16.6. The van der Waals surface area contributed by atoms with Crippen molar-refractivity contribution in [3.63, 3.8) is 0 Å². The highest BCUT2D eigenvalue weighted by Gasteiger charge is 2.26. The van der Waals surface area contributed by atoms with Crippen molar-refractivity contribution < 1.29 is 13.2 Å². The number of ether oxygens (including phenoxy) is 1. The summed E-state index contributed by atoms with van der Waals surface area (Å²) in [6.45, 7) is 0.875. The van der Waals surface area contributed by atoms with Crippen molar-refractivity contribution in [3.8, 4) is 0 Å². The molecule has 0 aliphatic carbocycles. The van der Waals surface area contributed by atoms with Crippen molar-refractivity contribution >= 4 is 26.0 Å². The van der Waals surface area contributed by atoms with Gasteiger partial charge in [-0.15, -0.1) is 0 Å². The topological polar surface area (TPSA) is 46.6 Å². The number of hydrogen-bond acceptors (Lipinski definition) is 3. The minimum atomic E-state index is -3.50. The van der Waals surface area contributed by atoms with Crippen LogP contribution in [0.25, 0.3) is 0 Å². The molecule has 0 N–H and O–H groups in total. The van der Waals surface area contributed by atoms with E-state index >= 15 is 0 Å². The lowest BCUT2D eigenvalue weighted by Crippen LogP contribution is -2.38. The Morgan fingerprint density at radius 3 is 2.48 bits per heavy atom. The molecular weight excluding hydrogens is 378 g/mol. The van der Waals surface area contributed by atoms with E-state index in [1.165, 1.54) is 15.4 Å². The van der Waals surface area contributed by atoms with Gasteiger partial charge in [-0.25, -0.2) is 8.42 Å². The van der Waals surface area contributed by atoms with Gasteiger partial charge in [0.05, 0.1) is 17.6 Å². The largest absolute Gasteiger partial charge is 0.372 e. The second-order valence-corrected chi connectivity index (χ2v) is 8.61. The highest BCUT2D eigenvalue weighted by molar-refractivity contribution is 9.10. The lowest BCUT2D eigenvalue weighted by Gasteiger charge is -2.28. The van der Waals surface area contributed by atoms with Crippen molar-refractivity contribution in [1.82, 2.24) is 4.31 Å². The van der Waals surface area contributed by atoms with Gasteiger partial charge in [-0.2, -0.15) is 4.31 Å². The number of sulfonamides is 1. The maximum absolute atomic E-state index is 12.6. The molecule has 3 rings (SSSR count). The number of nitrogens with zero attached hydrogens (tertiary/aromatic N) is 1. The molecule has 0 saturated carbocycles. The van der Waals surface area contributed by atoms with Crippen LogP contribution in [0, 0.1) is 0 Å². The van der Waals surface area contributed by atoms with Gasteiger partial charge in [0.2, 0.25) is 10.0 Å². The SMILES string of the molecule is CN(CC1Cc2ccccc2CO1)S(=O)(=O)c1ccc(Br)cc1. The van der Waals surface area contributed by atoms with Gasteiger partial charge in [-0.05, 0) is 35.4 Å². The summed E-state index contributed by atoms with van der Waals surface area (Å²) in [7, 11) is -1.90. The summed E-state index contributed by atoms with van der Waals surface area (Å²) in [5.41, 5.74) is 2.42. The van der Waals surface area contributed by atoms with E-state index in [0.29, 0.717) is 18.0 Å². The van der Waals surface area contributed by atoms with Crippen LogP contribution >= 0.6 is 15.9 Å². The quantitative estimate of drug-likeness (QED) is 0.798. The maximum Gasteiger partial charge on any atom is 0.242 e. The molecule has 1 aliphatic rings. The Balaban J connectivity index is 1.72. The summed E-state index contributed by atoms with van der Waals surface area (Å²) in [6, 6.07) is 14.8. The van der Waals surface area contributed by atoms with Gasteiger partial charge in [0.15, 0.2) is 0 Å². The van der Waals surface area contributed by atoms with E-state index < -0.39 is 10.0 Å². The summed E-state index contributed by atoms with van der Waals surface area (Å²) in [5.74, 6) is 0. The van der Waals surface area contributed by atoms with Crippen LogP contribution in [-0.4, -0.2) is 32.4 Å². The van der Waals surface area contributed by atoms with Crippen molar-refractivity contribution in [2.24, 2.45) is 0 Å². The third-order valence-corrected chi connectivity index (χ3v) is 6.39. The average molecular weight is 396 g/mol. The first-order chi connectivity index (χ1) is 11.0. The van der Waals surface area contributed by atoms with Gasteiger partial charge in [0.1, 0.15) is 0 Å². The number of hydrogen-bond donors (Lipinski definition) is 0. The fourth-order valence-electron chi connectivity index (χ4n) is 2.70. The van der Waals surface area contributed by atoms with Crippen LogP contribution in [0.2, 0.25) is 0 Å². The molecule has 0 aromatic heterocycles. The first-order valence-corrected chi connectivity index (χ1v) is 9.60. The maximum atomic E-state index is 12.6. The molecule has 4 nitrogen and oxygen atoms in total. The van der Waals surface area contributed by atoms with Crippen molar-refractivity contribution in [3.05, 3.63) is 64.1 Å². The summed E-state index contributed by atoms with van der Waals surface area (Å²) in [5, 5.41) is 0. The number of fused-ring (bicyclic) bond motifs is 1. The van der Waals surface area contributed by atoms with Crippen LogP contribution in [0.4, 0.5) is 0 Å². The third-order valence-electron chi connectivity index (χ3n) is 4.02. The second kappa shape index (κ2) is 6.73. The normalized spacial score (nSPS) is 18.0. The Morgan fingerprint density at radius 1 is 1.13 bits per heavy atom. The number of benzene rings is 2. The van der Waals surface area contributed by atoms with E-state index in [4.69, 9.17) is 4.74 Å². The van der Waals surface area contributed by atoms with E-state index in [2.05, 4.69) is 22.0 Å². The minimum Gasteiger partial charge on any atom is -0.372 e. The van der Waals surface area contributed by atoms with Crippen LogP contribution in [0.3, 0.4) is 0 Å². The molecule has 0 bridgehead atoms. The Hall–Kier alpha value is -1.21. The minimum absolute atomic E-state index is 0.125. The van der Waals surface area contributed by atoms with Crippen molar-refractivity contribution in [2.75, 3.05) is 13.6 Å². The van der Waals surface area contributed by atoms with Gasteiger partial charge in [-0.3, -0.25) is 0 Å². The number of rotatable bonds is 4. The van der Waals surface area contributed by atoms with E-state index in [1.54, 1.807) is 31.3 Å². The zero-order valence-electron chi connectivity index (χ0n) is 12.8. The summed E-state index contributed by atoms with van der Waals surface area (Å²) < 4.78 is 33.3. The lowest BCUT2D eigenvalue weighted by molar-refractivity contribution is 0.0202. The fourth-order valence-corrected chi connectivity index (χ4v) is 4.16. The van der Waals surface area contributed by atoms with E-state index in [0.717, 1.165) is 10.9 Å². The third kappa shape index (κ3) is 3.66. The van der Waals surface area contributed by atoms with E-state index in [-0.39, 0.29) is 6.10 Å². The van der Waals surface area contributed by atoms with Crippen molar-refractivity contribution in [1.29, 1.82) is 0 Å². The van der Waals surface area contributed by atoms with Crippen LogP contribution in [0.1, 0.15) is 11.1 Å². The molecule has 1 unspecified atom stereocenters. The molecule has 6 heteroatoms. The molecular formula is C17H18BrNO3S. The molecule has 0 amide bonds. The Bertz CT molecular complexity index is 790. The molecule has 122 valence electrons. The Morgan fingerprint density at radius 2 is 1.78 bits per heavy atom. The standard InChI is InChI=1S/C17H18BrNO3S/c1-19(23(20,21)17-8-6-15(18)7-9-17)11-16-10-13-4-2-3-5-14(13)12-22-16/h2-9,16H,10-12H2,1H3. The number of likely N-dealkylation sites (N-methyl/N-ethyl adjacent to an activating group) is 1. The zero-order valence-corrected chi connectivity index (χ0v) is 15.2. The first-order valence-electron chi connectivity index (χ1n) is 7.37. The molecule has 2 aromatic carbocycles. The smallest absolute Gasteiger partial charge is 0.242 e. The van der Waals surface area contributed by atoms with Gasteiger partial charge >= 0.3 is 0 Å². The van der Waals surface area contributed by atoms with Gasteiger partial charge < -0.3 is 4.74 Å². The monoisotopic (exact) mass is 395 g/mol. The lowest BCUT2D eigenvalue weighted by atomic mass is 9.99. The summed E-state index contributed by atoms with van der Waals surface area (Å²) in [6.07, 6.45) is 0.608. The van der Waals surface area contributed by atoms with E-state index in [1.807, 2.05) is 18.2 Å². The van der Waals surface area contributed by atoms with Crippen LogP contribution in [-0.2, 0) is 27.8 Å². The molecule has 0 spiro atoms. The predicted octanol–water partition coefficient (Wildman–Crippen LogP) is 3.21. The second-order valence-electron chi connectivity index (χ2n) is 5.65. The molecule has 1 atom stereocenters. The molecule has 23 heavy (non-hydrogen) atoms. The highest BCUT2D eigenvalue weighted by Crippen LogP contribution is 2.23. The highest BCUT2D eigenvalue weighted by atomic mass is 79.9. The molecule has 1 heterocycles. The number of halogens is 1. The van der Waals surface area contributed by atoms with E-state index in [9.17, 15) is 8.42 Å². The fraction of sp³-hybridized carbons (Fsp3) is 0.294. The molecule has 2 aromatic rings. The predicted molar refractivity (Wildman–Crippen MR) is 92.7 cm³/mol. The van der Waals surface area contributed by atoms with Crippen molar-refractivity contribution in [2.45, 2.75) is 24.0 Å². The molecule has 0 radical (unpaired) electrons. The van der Waals surface area contributed by atoms with Gasteiger partial charge in [0, 0.05) is 24.5 Å². The van der Waals surface area contributed by atoms with Crippen LogP contribution in [0.5, 0.6) is 0 Å². The average Bonchev–Trinajstić information content (AvgIpc) is 2.55. The molecule has 0 fully saturated rings. The summed E-state index contributed by atoms with van der Waals surface area (Å²) >= 11 is 3.32. The van der Waals surface area contributed by atoms with Gasteiger partial charge in [0.25, 0.3) is 0 Å². The Kier molecular flexibility index (Phi) is 4.87. The molecule has 0 saturated heterocycles. The molecule has 1 aliphatic heterocycles. The Labute approximate surface area is 145 Å². The summed E-state index contributed by atoms with van der Waals surface area (Å²) in [4.78, 5) is 0.291. The van der Waals surface area contributed by atoms with Crippen LogP contribution in [0.15, 0.2) is 57.9 Å².